The minimum atomic E-state index is -0.0885. The highest BCUT2D eigenvalue weighted by Gasteiger charge is 2.08. The summed E-state index contributed by atoms with van der Waals surface area (Å²) < 4.78 is 5.22. The number of methoxy groups -OCH3 is 1. The summed E-state index contributed by atoms with van der Waals surface area (Å²) in [7, 11) is 1.58. The van der Waals surface area contributed by atoms with Gasteiger partial charge in [0.25, 0.3) is 0 Å². The molecule has 0 saturated carbocycles. The minimum Gasteiger partial charge on any atom is -0.495 e. The maximum absolute atomic E-state index is 12.1. The molecule has 0 saturated heterocycles. The number of pyridine rings is 1. The molecule has 3 aromatic rings. The van der Waals surface area contributed by atoms with E-state index in [2.05, 4.69) is 10.3 Å². The molecular formula is C18H16N2O2S. The SMILES string of the molecule is COc1ccccc1NC(=O)CSc1ccc2ccccc2n1. The number of anilines is 1. The van der Waals surface area contributed by atoms with Crippen LogP contribution in [0.4, 0.5) is 5.69 Å². The smallest absolute Gasteiger partial charge is 0.234 e. The molecule has 1 amide bonds. The maximum Gasteiger partial charge on any atom is 0.234 e. The van der Waals surface area contributed by atoms with Crippen LogP contribution in [0.3, 0.4) is 0 Å². The van der Waals surface area contributed by atoms with Crippen LogP contribution in [0.25, 0.3) is 10.9 Å². The molecule has 1 aromatic heterocycles. The van der Waals surface area contributed by atoms with E-state index < -0.39 is 0 Å². The van der Waals surface area contributed by atoms with E-state index in [1.165, 1.54) is 11.8 Å². The molecule has 0 aliphatic heterocycles. The Kier molecular flexibility index (Phi) is 4.78. The summed E-state index contributed by atoms with van der Waals surface area (Å²) in [5.74, 6) is 0.854. The molecule has 0 bridgehead atoms. The number of fused-ring (bicyclic) bond motifs is 1. The molecule has 3 rings (SSSR count). The van der Waals surface area contributed by atoms with Gasteiger partial charge in [0.15, 0.2) is 0 Å². The third-order valence-corrected chi connectivity index (χ3v) is 4.23. The van der Waals surface area contributed by atoms with Gasteiger partial charge in [0.05, 0.1) is 29.1 Å². The highest BCUT2D eigenvalue weighted by atomic mass is 32.2. The van der Waals surface area contributed by atoms with Gasteiger partial charge in [-0.15, -0.1) is 0 Å². The second kappa shape index (κ2) is 7.15. The van der Waals surface area contributed by atoms with E-state index in [-0.39, 0.29) is 5.91 Å². The molecule has 0 fully saturated rings. The monoisotopic (exact) mass is 324 g/mol. The van der Waals surface area contributed by atoms with Crippen molar-refractivity contribution in [2.24, 2.45) is 0 Å². The average Bonchev–Trinajstić information content (AvgIpc) is 2.60. The molecule has 2 aromatic carbocycles. The van der Waals surface area contributed by atoms with Crippen LogP contribution in [-0.2, 0) is 4.79 Å². The average molecular weight is 324 g/mol. The molecule has 1 heterocycles. The Bertz CT molecular complexity index is 836. The first-order chi connectivity index (χ1) is 11.3. The molecule has 0 unspecified atom stereocenters. The Morgan fingerprint density at radius 1 is 1.09 bits per heavy atom. The van der Waals surface area contributed by atoms with Crippen molar-refractivity contribution < 1.29 is 9.53 Å². The van der Waals surface area contributed by atoms with Crippen molar-refractivity contribution in [3.63, 3.8) is 0 Å². The summed E-state index contributed by atoms with van der Waals surface area (Å²) >= 11 is 1.41. The van der Waals surface area contributed by atoms with Gasteiger partial charge in [-0.1, -0.05) is 48.2 Å². The van der Waals surface area contributed by atoms with Crippen molar-refractivity contribution >= 4 is 34.3 Å². The van der Waals surface area contributed by atoms with Gasteiger partial charge in [0, 0.05) is 5.39 Å². The Morgan fingerprint density at radius 3 is 2.74 bits per heavy atom. The second-order valence-electron chi connectivity index (χ2n) is 4.88. The maximum atomic E-state index is 12.1. The second-order valence-corrected chi connectivity index (χ2v) is 5.87. The van der Waals surface area contributed by atoms with E-state index in [0.29, 0.717) is 17.2 Å². The number of nitrogens with zero attached hydrogens (tertiary/aromatic N) is 1. The summed E-state index contributed by atoms with van der Waals surface area (Å²) in [6, 6.07) is 19.2. The van der Waals surface area contributed by atoms with Crippen molar-refractivity contribution in [2.75, 3.05) is 18.2 Å². The third-order valence-electron chi connectivity index (χ3n) is 3.31. The van der Waals surface area contributed by atoms with Gasteiger partial charge >= 0.3 is 0 Å². The largest absolute Gasteiger partial charge is 0.495 e. The van der Waals surface area contributed by atoms with Gasteiger partial charge in [-0.3, -0.25) is 4.79 Å². The molecule has 23 heavy (non-hydrogen) atoms. The first-order valence-corrected chi connectivity index (χ1v) is 8.16. The first kappa shape index (κ1) is 15.4. The lowest BCUT2D eigenvalue weighted by molar-refractivity contribution is -0.113. The van der Waals surface area contributed by atoms with E-state index in [4.69, 9.17) is 4.74 Å². The van der Waals surface area contributed by atoms with Crippen LogP contribution < -0.4 is 10.1 Å². The lowest BCUT2D eigenvalue weighted by Gasteiger charge is -2.09. The van der Waals surface area contributed by atoms with Crippen LogP contribution >= 0.6 is 11.8 Å². The summed E-state index contributed by atoms with van der Waals surface area (Å²) in [6.07, 6.45) is 0. The fourth-order valence-electron chi connectivity index (χ4n) is 2.20. The number of hydrogen-bond acceptors (Lipinski definition) is 4. The van der Waals surface area contributed by atoms with Crippen LogP contribution in [0.15, 0.2) is 65.7 Å². The van der Waals surface area contributed by atoms with Crippen LogP contribution in [0.5, 0.6) is 5.75 Å². The zero-order chi connectivity index (χ0) is 16.1. The van der Waals surface area contributed by atoms with Gasteiger partial charge in [-0.05, 0) is 24.3 Å². The predicted molar refractivity (Wildman–Crippen MR) is 94.1 cm³/mol. The highest BCUT2D eigenvalue weighted by Crippen LogP contribution is 2.24. The van der Waals surface area contributed by atoms with Gasteiger partial charge < -0.3 is 10.1 Å². The fourth-order valence-corrected chi connectivity index (χ4v) is 2.88. The van der Waals surface area contributed by atoms with E-state index in [1.54, 1.807) is 7.11 Å². The zero-order valence-electron chi connectivity index (χ0n) is 12.7. The van der Waals surface area contributed by atoms with E-state index in [1.807, 2.05) is 60.7 Å². The Morgan fingerprint density at radius 2 is 1.87 bits per heavy atom. The molecule has 5 heteroatoms. The molecule has 0 atom stereocenters. The molecule has 1 N–H and O–H groups in total. The number of ether oxygens (including phenoxy) is 1. The topological polar surface area (TPSA) is 51.2 Å². The number of para-hydroxylation sites is 3. The number of carbonyl (C=O) groups is 1. The quantitative estimate of drug-likeness (QED) is 0.721. The number of amides is 1. The molecule has 0 aliphatic carbocycles. The lowest BCUT2D eigenvalue weighted by Crippen LogP contribution is -2.14. The van der Waals surface area contributed by atoms with Crippen molar-refractivity contribution in [3.05, 3.63) is 60.7 Å². The normalized spacial score (nSPS) is 10.5. The standard InChI is InChI=1S/C18H16N2O2S/c1-22-16-9-5-4-8-15(16)19-17(21)12-23-18-11-10-13-6-2-3-7-14(13)20-18/h2-11H,12H2,1H3,(H,19,21). The summed E-state index contributed by atoms with van der Waals surface area (Å²) in [5.41, 5.74) is 1.61. The van der Waals surface area contributed by atoms with Crippen molar-refractivity contribution in [1.29, 1.82) is 0 Å². The number of nitrogens with one attached hydrogen (secondary N) is 1. The van der Waals surface area contributed by atoms with Crippen LogP contribution in [0, 0.1) is 0 Å². The Balaban J connectivity index is 1.63. The minimum absolute atomic E-state index is 0.0885. The van der Waals surface area contributed by atoms with E-state index in [9.17, 15) is 4.79 Å². The molecule has 0 aliphatic rings. The molecule has 0 spiro atoms. The van der Waals surface area contributed by atoms with Gasteiger partial charge in [0.1, 0.15) is 5.75 Å². The molecule has 116 valence electrons. The number of aromatic nitrogens is 1. The van der Waals surface area contributed by atoms with Gasteiger partial charge in [-0.2, -0.15) is 0 Å². The highest BCUT2D eigenvalue weighted by molar-refractivity contribution is 7.99. The third kappa shape index (κ3) is 3.81. The van der Waals surface area contributed by atoms with Crippen LogP contribution in [0.2, 0.25) is 0 Å². The fraction of sp³-hybridized carbons (Fsp3) is 0.111. The summed E-state index contributed by atoms with van der Waals surface area (Å²) in [5, 5.41) is 4.78. The van der Waals surface area contributed by atoms with E-state index >= 15 is 0 Å². The first-order valence-electron chi connectivity index (χ1n) is 7.18. The van der Waals surface area contributed by atoms with Gasteiger partial charge in [0.2, 0.25) is 5.91 Å². The summed E-state index contributed by atoms with van der Waals surface area (Å²) in [4.78, 5) is 16.6. The molecule has 4 nitrogen and oxygen atoms in total. The number of rotatable bonds is 5. The summed E-state index contributed by atoms with van der Waals surface area (Å²) in [6.45, 7) is 0. The van der Waals surface area contributed by atoms with Crippen molar-refractivity contribution in [3.8, 4) is 5.75 Å². The molecular weight excluding hydrogens is 308 g/mol. The number of hydrogen-bond donors (Lipinski definition) is 1. The van der Waals surface area contributed by atoms with Crippen molar-refractivity contribution in [2.45, 2.75) is 5.03 Å². The lowest BCUT2D eigenvalue weighted by atomic mass is 10.2. The molecule has 0 radical (unpaired) electrons. The van der Waals surface area contributed by atoms with Crippen LogP contribution in [-0.4, -0.2) is 23.8 Å². The number of thioether (sulfide) groups is 1. The Labute approximate surface area is 138 Å². The van der Waals surface area contributed by atoms with Crippen LogP contribution in [0.1, 0.15) is 0 Å². The van der Waals surface area contributed by atoms with E-state index in [0.717, 1.165) is 15.9 Å². The Hall–Kier alpha value is -2.53. The number of benzene rings is 2. The van der Waals surface area contributed by atoms with Crippen molar-refractivity contribution in [1.82, 2.24) is 4.98 Å². The predicted octanol–water partition coefficient (Wildman–Crippen LogP) is 3.97. The number of carbonyl (C=O) groups excluding carboxylic acids is 1. The zero-order valence-corrected chi connectivity index (χ0v) is 13.5. The van der Waals surface area contributed by atoms with Gasteiger partial charge in [-0.25, -0.2) is 4.98 Å².